The number of anilines is 1. The summed E-state index contributed by atoms with van der Waals surface area (Å²) < 4.78 is 5.43. The monoisotopic (exact) mass is 444 g/mol. The lowest BCUT2D eigenvalue weighted by molar-refractivity contribution is -0.126. The average Bonchev–Trinajstić information content (AvgIpc) is 2.76. The van der Waals surface area contributed by atoms with Crippen LogP contribution in [0.5, 0.6) is 0 Å². The van der Waals surface area contributed by atoms with Crippen molar-refractivity contribution in [2.24, 2.45) is 5.92 Å². The minimum absolute atomic E-state index is 0.00781. The smallest absolute Gasteiger partial charge is 0.410 e. The van der Waals surface area contributed by atoms with Gasteiger partial charge in [-0.25, -0.2) is 4.79 Å². The molecule has 2 fully saturated rings. The molecular weight excluding hydrogens is 404 g/mol. The molecule has 2 heterocycles. The lowest BCUT2D eigenvalue weighted by Gasteiger charge is -2.36. The number of nitrogens with one attached hydrogen (secondary N) is 1. The Bertz CT molecular complexity index is 761. The van der Waals surface area contributed by atoms with Crippen LogP contribution in [0.25, 0.3) is 0 Å². The molecule has 3 rings (SSSR count). The Labute approximate surface area is 193 Å². The lowest BCUT2D eigenvalue weighted by Crippen LogP contribution is -2.47. The summed E-state index contributed by atoms with van der Waals surface area (Å²) in [6, 6.07) is 8.71. The van der Waals surface area contributed by atoms with E-state index in [4.69, 9.17) is 4.74 Å². The first kappa shape index (κ1) is 24.4. The zero-order valence-corrected chi connectivity index (χ0v) is 20.2. The highest BCUT2D eigenvalue weighted by Gasteiger charge is 2.29. The van der Waals surface area contributed by atoms with Crippen molar-refractivity contribution < 1.29 is 14.3 Å². The molecule has 2 aliphatic rings. The van der Waals surface area contributed by atoms with Gasteiger partial charge in [-0.1, -0.05) is 12.1 Å². The molecule has 0 aromatic heterocycles. The Morgan fingerprint density at radius 1 is 1.06 bits per heavy atom. The predicted octanol–water partition coefficient (Wildman–Crippen LogP) is 3.27. The number of ether oxygens (including phenoxy) is 1. The van der Waals surface area contributed by atoms with E-state index in [0.29, 0.717) is 32.5 Å². The third-order valence-electron chi connectivity index (χ3n) is 6.21. The van der Waals surface area contributed by atoms with Crippen molar-refractivity contribution in [1.82, 2.24) is 15.1 Å². The van der Waals surface area contributed by atoms with Crippen molar-refractivity contribution >= 4 is 17.7 Å². The highest BCUT2D eigenvalue weighted by atomic mass is 16.6. The predicted molar refractivity (Wildman–Crippen MR) is 128 cm³/mol. The molecule has 7 heteroatoms. The van der Waals surface area contributed by atoms with E-state index >= 15 is 0 Å². The molecule has 0 radical (unpaired) electrons. The summed E-state index contributed by atoms with van der Waals surface area (Å²) in [4.78, 5) is 31.3. The van der Waals surface area contributed by atoms with Gasteiger partial charge < -0.3 is 19.9 Å². The summed E-state index contributed by atoms with van der Waals surface area (Å²) in [6.45, 7) is 14.9. The quantitative estimate of drug-likeness (QED) is 0.683. The number of hydrogen-bond donors (Lipinski definition) is 1. The molecule has 1 N–H and O–H groups in total. The number of nitrogens with zero attached hydrogens (tertiary/aromatic N) is 3. The number of rotatable bonds is 6. The molecule has 1 aromatic rings. The second-order valence-corrected chi connectivity index (χ2v) is 10.1. The molecule has 0 aliphatic carbocycles. The van der Waals surface area contributed by atoms with Crippen LogP contribution < -0.4 is 10.2 Å². The second kappa shape index (κ2) is 11.0. The van der Waals surface area contributed by atoms with Gasteiger partial charge in [-0.15, -0.1) is 0 Å². The van der Waals surface area contributed by atoms with Crippen LogP contribution in [-0.2, 0) is 9.53 Å². The van der Waals surface area contributed by atoms with E-state index in [1.165, 1.54) is 11.3 Å². The Hall–Kier alpha value is -2.28. The molecule has 2 saturated heterocycles. The highest BCUT2D eigenvalue weighted by molar-refractivity contribution is 5.79. The van der Waals surface area contributed by atoms with Crippen LogP contribution in [0.3, 0.4) is 0 Å². The molecular formula is C25H40N4O3. The van der Waals surface area contributed by atoms with Gasteiger partial charge >= 0.3 is 6.09 Å². The minimum Gasteiger partial charge on any atom is -0.444 e. The minimum atomic E-state index is -0.488. The van der Waals surface area contributed by atoms with Crippen LogP contribution in [0.4, 0.5) is 10.5 Å². The number of piperazine rings is 1. The van der Waals surface area contributed by atoms with Crippen molar-refractivity contribution in [3.05, 3.63) is 29.8 Å². The zero-order valence-electron chi connectivity index (χ0n) is 20.2. The number of benzene rings is 1. The third kappa shape index (κ3) is 7.40. The maximum atomic E-state index is 12.5. The van der Waals surface area contributed by atoms with Crippen LogP contribution >= 0.6 is 0 Å². The first-order valence-corrected chi connectivity index (χ1v) is 12.0. The molecule has 0 spiro atoms. The fraction of sp³-hybridized carbons (Fsp3) is 0.680. The van der Waals surface area contributed by atoms with E-state index in [-0.39, 0.29) is 17.9 Å². The Kier molecular flexibility index (Phi) is 8.40. The van der Waals surface area contributed by atoms with Gasteiger partial charge in [0, 0.05) is 57.4 Å². The largest absolute Gasteiger partial charge is 0.444 e. The maximum Gasteiger partial charge on any atom is 0.410 e. The molecule has 0 atom stereocenters. The fourth-order valence-corrected chi connectivity index (χ4v) is 4.36. The van der Waals surface area contributed by atoms with Crippen LogP contribution in [0.2, 0.25) is 0 Å². The van der Waals surface area contributed by atoms with Crippen LogP contribution in [0.15, 0.2) is 24.3 Å². The van der Waals surface area contributed by atoms with Gasteiger partial charge in [0.15, 0.2) is 0 Å². The van der Waals surface area contributed by atoms with Gasteiger partial charge in [0.05, 0.1) is 0 Å². The Morgan fingerprint density at radius 2 is 1.75 bits per heavy atom. The van der Waals surface area contributed by atoms with Gasteiger partial charge in [0.25, 0.3) is 0 Å². The number of hydrogen-bond acceptors (Lipinski definition) is 5. The first-order valence-electron chi connectivity index (χ1n) is 12.0. The van der Waals surface area contributed by atoms with Crippen molar-refractivity contribution in [3.8, 4) is 0 Å². The number of piperidine rings is 1. The second-order valence-electron chi connectivity index (χ2n) is 10.1. The van der Waals surface area contributed by atoms with Crippen LogP contribution in [0.1, 0.15) is 45.6 Å². The summed E-state index contributed by atoms with van der Waals surface area (Å²) in [5.74, 6) is 0.115. The topological polar surface area (TPSA) is 65.1 Å². The molecule has 178 valence electrons. The van der Waals surface area contributed by atoms with Crippen LogP contribution in [0, 0.1) is 12.8 Å². The number of carbonyl (C=O) groups is 2. The lowest BCUT2D eigenvalue weighted by atomic mass is 9.96. The number of carbonyl (C=O) groups excluding carboxylic acids is 2. The van der Waals surface area contributed by atoms with E-state index in [9.17, 15) is 9.59 Å². The summed E-state index contributed by atoms with van der Waals surface area (Å²) in [7, 11) is 0. The number of likely N-dealkylation sites (tertiary alicyclic amines) is 1. The maximum absolute atomic E-state index is 12.5. The Balaban J connectivity index is 1.28. The van der Waals surface area contributed by atoms with Gasteiger partial charge in [-0.2, -0.15) is 0 Å². The standard InChI is InChI=1S/C25H40N4O3/c1-20-7-5-8-22(19-20)28-17-15-27(16-18-28)12-6-11-26-23(30)21-9-13-29(14-10-21)24(31)32-25(2,3)4/h5,7-8,19,21H,6,9-18H2,1-4H3,(H,26,30). The summed E-state index contributed by atoms with van der Waals surface area (Å²) in [6.07, 6.45) is 2.09. The van der Waals surface area contributed by atoms with E-state index in [1.54, 1.807) is 4.90 Å². The average molecular weight is 445 g/mol. The van der Waals surface area contributed by atoms with Crippen molar-refractivity contribution in [2.45, 2.75) is 52.6 Å². The summed E-state index contributed by atoms with van der Waals surface area (Å²) in [5.41, 5.74) is 2.13. The third-order valence-corrected chi connectivity index (χ3v) is 6.21. The normalized spacial score (nSPS) is 18.5. The highest BCUT2D eigenvalue weighted by Crippen LogP contribution is 2.20. The molecule has 32 heavy (non-hydrogen) atoms. The zero-order chi connectivity index (χ0) is 23.1. The van der Waals surface area contributed by atoms with Gasteiger partial charge in [-0.05, 0) is 71.2 Å². The van der Waals surface area contributed by atoms with E-state index in [1.807, 2.05) is 20.8 Å². The number of amides is 2. The molecule has 0 bridgehead atoms. The molecule has 1 aromatic carbocycles. The van der Waals surface area contributed by atoms with E-state index < -0.39 is 5.60 Å². The van der Waals surface area contributed by atoms with E-state index in [2.05, 4.69) is 46.3 Å². The van der Waals surface area contributed by atoms with Crippen LogP contribution in [-0.4, -0.2) is 79.8 Å². The fourth-order valence-electron chi connectivity index (χ4n) is 4.36. The Morgan fingerprint density at radius 3 is 2.38 bits per heavy atom. The van der Waals surface area contributed by atoms with Crippen molar-refractivity contribution in [3.63, 3.8) is 0 Å². The van der Waals surface area contributed by atoms with Gasteiger partial charge in [0.2, 0.25) is 5.91 Å². The first-order chi connectivity index (χ1) is 15.2. The van der Waals surface area contributed by atoms with Crippen molar-refractivity contribution in [2.75, 3.05) is 57.3 Å². The number of aryl methyl sites for hydroxylation is 1. The molecule has 0 saturated carbocycles. The molecule has 0 unspecified atom stereocenters. The SMILES string of the molecule is Cc1cccc(N2CCN(CCCNC(=O)C3CCN(C(=O)OC(C)(C)C)CC3)CC2)c1. The van der Waals surface area contributed by atoms with Gasteiger partial charge in [-0.3, -0.25) is 9.69 Å². The van der Waals surface area contributed by atoms with E-state index in [0.717, 1.165) is 39.1 Å². The molecule has 2 aliphatic heterocycles. The summed E-state index contributed by atoms with van der Waals surface area (Å²) >= 11 is 0. The molecule has 7 nitrogen and oxygen atoms in total. The van der Waals surface area contributed by atoms with Crippen molar-refractivity contribution in [1.29, 1.82) is 0 Å². The summed E-state index contributed by atoms with van der Waals surface area (Å²) in [5, 5.41) is 3.10. The molecule has 2 amide bonds. The van der Waals surface area contributed by atoms with Gasteiger partial charge in [0.1, 0.15) is 5.60 Å².